The van der Waals surface area contributed by atoms with Crippen molar-refractivity contribution in [3.8, 4) is 0 Å². The van der Waals surface area contributed by atoms with Crippen LogP contribution >= 0.6 is 0 Å². The summed E-state index contributed by atoms with van der Waals surface area (Å²) < 4.78 is 40.1. The van der Waals surface area contributed by atoms with Crippen molar-refractivity contribution < 1.29 is 17.6 Å². The largest absolute Gasteiger partial charge is 0.349 e. The number of amides is 1. The molecule has 2 aromatic carbocycles. The Balaban J connectivity index is 1.37. The maximum absolute atomic E-state index is 13.1. The molecular formula is C25H31FN2O3S. The second kappa shape index (κ2) is 9.71. The van der Waals surface area contributed by atoms with E-state index in [1.54, 1.807) is 0 Å². The lowest BCUT2D eigenvalue weighted by molar-refractivity contribution is -0.126. The van der Waals surface area contributed by atoms with E-state index in [0.717, 1.165) is 37.0 Å². The van der Waals surface area contributed by atoms with Gasteiger partial charge in [0.15, 0.2) is 0 Å². The molecule has 0 spiro atoms. The van der Waals surface area contributed by atoms with Gasteiger partial charge in [0.2, 0.25) is 15.9 Å². The van der Waals surface area contributed by atoms with Crippen LogP contribution in [0.5, 0.6) is 0 Å². The molecule has 0 radical (unpaired) electrons. The molecule has 1 N–H and O–H groups in total. The zero-order chi connectivity index (χ0) is 22.7. The fourth-order valence-corrected chi connectivity index (χ4v) is 6.26. The number of piperidine rings is 1. The van der Waals surface area contributed by atoms with Gasteiger partial charge in [-0.25, -0.2) is 12.8 Å². The lowest BCUT2D eigenvalue weighted by atomic mass is 9.88. The predicted molar refractivity (Wildman–Crippen MR) is 122 cm³/mol. The number of halogens is 1. The highest BCUT2D eigenvalue weighted by Gasteiger charge is 2.32. The van der Waals surface area contributed by atoms with E-state index in [-0.39, 0.29) is 35.9 Å². The summed E-state index contributed by atoms with van der Waals surface area (Å²) in [6.07, 6.45) is 6.48. The van der Waals surface area contributed by atoms with Crippen molar-refractivity contribution in [3.63, 3.8) is 0 Å². The van der Waals surface area contributed by atoms with E-state index in [1.165, 1.54) is 40.4 Å². The molecule has 1 fully saturated rings. The summed E-state index contributed by atoms with van der Waals surface area (Å²) >= 11 is 0. The second-order valence-corrected chi connectivity index (χ2v) is 10.8. The van der Waals surface area contributed by atoms with Gasteiger partial charge >= 0.3 is 0 Å². The van der Waals surface area contributed by atoms with Crippen molar-refractivity contribution >= 4 is 15.9 Å². The zero-order valence-corrected chi connectivity index (χ0v) is 19.3. The summed E-state index contributed by atoms with van der Waals surface area (Å²) in [5, 5.41) is 3.20. The number of carbonyl (C=O) groups is 1. The highest BCUT2D eigenvalue weighted by molar-refractivity contribution is 7.89. The Labute approximate surface area is 190 Å². The number of hydrogen-bond donors (Lipinski definition) is 1. The van der Waals surface area contributed by atoms with Crippen LogP contribution in [0.3, 0.4) is 0 Å². The average molecular weight is 459 g/mol. The summed E-state index contributed by atoms with van der Waals surface area (Å²) in [7, 11) is -3.67. The molecule has 2 aliphatic rings. The first-order valence-corrected chi connectivity index (χ1v) is 13.0. The molecule has 2 aromatic rings. The summed E-state index contributed by atoms with van der Waals surface area (Å²) in [6, 6.07) is 11.4. The van der Waals surface area contributed by atoms with Crippen molar-refractivity contribution in [2.75, 3.05) is 13.1 Å². The van der Waals surface area contributed by atoms with Gasteiger partial charge in [0.1, 0.15) is 5.82 Å². The molecule has 0 saturated carbocycles. The minimum atomic E-state index is -3.67. The lowest BCUT2D eigenvalue weighted by Crippen LogP contribution is -2.43. The molecule has 0 unspecified atom stereocenters. The molecule has 4 rings (SSSR count). The quantitative estimate of drug-likeness (QED) is 0.699. The molecule has 1 aliphatic heterocycles. The van der Waals surface area contributed by atoms with Crippen LogP contribution in [0.25, 0.3) is 0 Å². The van der Waals surface area contributed by atoms with E-state index in [1.807, 2.05) is 0 Å². The van der Waals surface area contributed by atoms with Crippen LogP contribution in [0.1, 0.15) is 61.8 Å². The van der Waals surface area contributed by atoms with Gasteiger partial charge in [0.05, 0.1) is 10.9 Å². The normalized spacial score (nSPS) is 18.7. The van der Waals surface area contributed by atoms with Gasteiger partial charge in [-0.15, -0.1) is 0 Å². The Morgan fingerprint density at radius 3 is 2.38 bits per heavy atom. The molecule has 1 amide bonds. The summed E-state index contributed by atoms with van der Waals surface area (Å²) in [6.45, 7) is 2.64. The molecule has 32 heavy (non-hydrogen) atoms. The third-order valence-electron chi connectivity index (χ3n) is 6.78. The van der Waals surface area contributed by atoms with Gasteiger partial charge in [0, 0.05) is 19.0 Å². The average Bonchev–Trinajstić information content (AvgIpc) is 2.82. The number of nitrogens with one attached hydrogen (secondary N) is 1. The van der Waals surface area contributed by atoms with E-state index in [0.29, 0.717) is 12.8 Å². The maximum atomic E-state index is 13.1. The highest BCUT2D eigenvalue weighted by Crippen LogP contribution is 2.28. The van der Waals surface area contributed by atoms with Gasteiger partial charge in [-0.05, 0) is 85.9 Å². The topological polar surface area (TPSA) is 66.5 Å². The van der Waals surface area contributed by atoms with E-state index in [4.69, 9.17) is 0 Å². The Morgan fingerprint density at radius 1 is 1.06 bits per heavy atom. The SMILES string of the molecule is CC[C@H](NC(=O)C1CCN(S(=O)(=O)c2ccc(F)cc2)CC1)c1ccc2c(c1)CCCC2. The van der Waals surface area contributed by atoms with Crippen molar-refractivity contribution in [2.45, 2.75) is 62.8 Å². The molecule has 5 nitrogen and oxygen atoms in total. The highest BCUT2D eigenvalue weighted by atomic mass is 32.2. The smallest absolute Gasteiger partial charge is 0.243 e. The molecule has 0 aromatic heterocycles. The maximum Gasteiger partial charge on any atom is 0.243 e. The van der Waals surface area contributed by atoms with Crippen molar-refractivity contribution in [3.05, 3.63) is 65.0 Å². The number of benzene rings is 2. The summed E-state index contributed by atoms with van der Waals surface area (Å²) in [5.41, 5.74) is 3.98. The molecule has 1 heterocycles. The number of sulfonamides is 1. The molecule has 1 saturated heterocycles. The summed E-state index contributed by atoms with van der Waals surface area (Å²) in [4.78, 5) is 13.1. The third-order valence-corrected chi connectivity index (χ3v) is 8.69. The van der Waals surface area contributed by atoms with Gasteiger partial charge in [-0.3, -0.25) is 4.79 Å². The Morgan fingerprint density at radius 2 is 1.72 bits per heavy atom. The monoisotopic (exact) mass is 458 g/mol. The van der Waals surface area contributed by atoms with Crippen molar-refractivity contribution in [2.24, 2.45) is 5.92 Å². The zero-order valence-electron chi connectivity index (χ0n) is 18.5. The van der Waals surface area contributed by atoms with E-state index < -0.39 is 15.8 Å². The minimum absolute atomic E-state index is 0.00611. The number of carbonyl (C=O) groups excluding carboxylic acids is 1. The molecule has 1 atom stereocenters. The van der Waals surface area contributed by atoms with E-state index >= 15 is 0 Å². The molecule has 0 bridgehead atoms. The van der Waals surface area contributed by atoms with Gasteiger partial charge in [-0.2, -0.15) is 4.31 Å². The van der Waals surface area contributed by atoms with E-state index in [9.17, 15) is 17.6 Å². The minimum Gasteiger partial charge on any atom is -0.349 e. The number of rotatable bonds is 6. The molecular weight excluding hydrogens is 427 g/mol. The van der Waals surface area contributed by atoms with Crippen LogP contribution in [-0.4, -0.2) is 31.7 Å². The first-order chi connectivity index (χ1) is 15.4. The van der Waals surface area contributed by atoms with Crippen molar-refractivity contribution in [1.82, 2.24) is 9.62 Å². The number of hydrogen-bond acceptors (Lipinski definition) is 3. The second-order valence-electron chi connectivity index (χ2n) is 8.84. The van der Waals surface area contributed by atoms with Crippen molar-refractivity contribution in [1.29, 1.82) is 0 Å². The van der Waals surface area contributed by atoms with Crippen LogP contribution in [-0.2, 0) is 27.7 Å². The molecule has 1 aliphatic carbocycles. The van der Waals surface area contributed by atoms with Crippen LogP contribution in [0, 0.1) is 11.7 Å². The standard InChI is InChI=1S/C25H31FN2O3S/c1-2-24(21-8-7-18-5-3-4-6-20(18)17-21)27-25(29)19-13-15-28(16-14-19)32(30,31)23-11-9-22(26)10-12-23/h7-12,17,19,24H,2-6,13-16H2,1H3,(H,27,29)/t24-/m0/s1. The first kappa shape index (κ1) is 22.9. The van der Waals surface area contributed by atoms with Crippen LogP contribution in [0.4, 0.5) is 4.39 Å². The number of fused-ring (bicyclic) bond motifs is 1. The van der Waals surface area contributed by atoms with Gasteiger partial charge in [-0.1, -0.05) is 25.1 Å². The fourth-order valence-electron chi connectivity index (χ4n) is 4.79. The van der Waals surface area contributed by atoms with Crippen LogP contribution in [0.15, 0.2) is 47.4 Å². The first-order valence-electron chi connectivity index (χ1n) is 11.6. The van der Waals surface area contributed by atoms with Gasteiger partial charge < -0.3 is 5.32 Å². The lowest BCUT2D eigenvalue weighted by Gasteiger charge is -2.31. The fraction of sp³-hybridized carbons (Fsp3) is 0.480. The van der Waals surface area contributed by atoms with Crippen LogP contribution in [0.2, 0.25) is 0 Å². The van der Waals surface area contributed by atoms with E-state index in [2.05, 4.69) is 30.4 Å². The molecule has 172 valence electrons. The predicted octanol–water partition coefficient (Wildman–Crippen LogP) is 4.37. The number of nitrogens with zero attached hydrogens (tertiary/aromatic N) is 1. The molecule has 7 heteroatoms. The third kappa shape index (κ3) is 4.89. The van der Waals surface area contributed by atoms with Gasteiger partial charge in [0.25, 0.3) is 0 Å². The Hall–Kier alpha value is -2.25. The Kier molecular flexibility index (Phi) is 6.96. The Bertz CT molecular complexity index is 1060. The van der Waals surface area contributed by atoms with Crippen LogP contribution < -0.4 is 5.32 Å². The summed E-state index contributed by atoms with van der Waals surface area (Å²) in [5.74, 6) is -0.682. The number of aryl methyl sites for hydroxylation is 2.